The van der Waals surface area contributed by atoms with Gasteiger partial charge in [0.25, 0.3) is 0 Å². The summed E-state index contributed by atoms with van der Waals surface area (Å²) in [6.45, 7) is 8.24. The molecule has 2 rings (SSSR count). The number of hydrogen-bond acceptors (Lipinski definition) is 2. The van der Waals surface area contributed by atoms with Crippen LogP contribution in [0, 0.1) is 5.92 Å². The van der Waals surface area contributed by atoms with Gasteiger partial charge in [-0.1, -0.05) is 18.6 Å². The molecule has 0 aromatic carbocycles. The second-order valence-corrected chi connectivity index (χ2v) is 6.56. The average molecular weight is 238 g/mol. The fourth-order valence-electron chi connectivity index (χ4n) is 3.13. The van der Waals surface area contributed by atoms with Crippen LogP contribution in [0.5, 0.6) is 0 Å². The van der Waals surface area contributed by atoms with E-state index in [2.05, 4.69) is 19.9 Å². The summed E-state index contributed by atoms with van der Waals surface area (Å²) in [5, 5.41) is 10.2. The van der Waals surface area contributed by atoms with E-state index in [1.165, 1.54) is 12.0 Å². The highest BCUT2D eigenvalue weighted by Crippen LogP contribution is 2.45. The van der Waals surface area contributed by atoms with Crippen molar-refractivity contribution in [1.29, 1.82) is 0 Å². The molecule has 1 heterocycles. The molecule has 0 bridgehead atoms. The monoisotopic (exact) mass is 238 g/mol. The SMILES string of the molecule is CC1=CC[C@]2(CC1)O[C@@H](C(C)(C)O)CC[C@H]2C. The van der Waals surface area contributed by atoms with Gasteiger partial charge in [-0.05, 0) is 58.8 Å². The maximum absolute atomic E-state index is 10.2. The van der Waals surface area contributed by atoms with Gasteiger partial charge in [0.05, 0.1) is 17.3 Å². The third-order valence-electron chi connectivity index (χ3n) is 4.66. The van der Waals surface area contributed by atoms with Gasteiger partial charge >= 0.3 is 0 Å². The van der Waals surface area contributed by atoms with E-state index in [1.807, 2.05) is 13.8 Å². The Kier molecular flexibility index (Phi) is 3.39. The van der Waals surface area contributed by atoms with Gasteiger partial charge in [0, 0.05) is 0 Å². The molecule has 3 atom stereocenters. The van der Waals surface area contributed by atoms with Crippen molar-refractivity contribution >= 4 is 0 Å². The lowest BCUT2D eigenvalue weighted by molar-refractivity contribution is -0.213. The zero-order valence-corrected chi connectivity index (χ0v) is 11.6. The van der Waals surface area contributed by atoms with Crippen molar-refractivity contribution in [2.75, 3.05) is 0 Å². The van der Waals surface area contributed by atoms with Crippen molar-refractivity contribution in [2.45, 2.75) is 77.1 Å². The van der Waals surface area contributed by atoms with Crippen molar-refractivity contribution in [2.24, 2.45) is 5.92 Å². The molecule has 0 aromatic rings. The normalized spacial score (nSPS) is 39.2. The van der Waals surface area contributed by atoms with Crippen LogP contribution < -0.4 is 0 Å². The molecule has 0 aromatic heterocycles. The highest BCUT2D eigenvalue weighted by Gasteiger charge is 2.46. The van der Waals surface area contributed by atoms with E-state index in [-0.39, 0.29) is 11.7 Å². The Morgan fingerprint density at radius 2 is 2.12 bits per heavy atom. The van der Waals surface area contributed by atoms with E-state index in [0.29, 0.717) is 5.92 Å². The zero-order chi connectivity index (χ0) is 12.7. The highest BCUT2D eigenvalue weighted by molar-refractivity contribution is 5.11. The molecule has 1 saturated heterocycles. The predicted octanol–water partition coefficient (Wildman–Crippen LogP) is 3.44. The minimum Gasteiger partial charge on any atom is -0.388 e. The molecule has 2 aliphatic rings. The zero-order valence-electron chi connectivity index (χ0n) is 11.6. The molecular weight excluding hydrogens is 212 g/mol. The minimum atomic E-state index is -0.719. The third kappa shape index (κ3) is 2.58. The summed E-state index contributed by atoms with van der Waals surface area (Å²) in [7, 11) is 0. The molecule has 0 radical (unpaired) electrons. The predicted molar refractivity (Wildman–Crippen MR) is 69.9 cm³/mol. The van der Waals surface area contributed by atoms with Crippen molar-refractivity contribution in [3.05, 3.63) is 11.6 Å². The van der Waals surface area contributed by atoms with Gasteiger partial charge in [-0.15, -0.1) is 0 Å². The molecule has 0 saturated carbocycles. The number of ether oxygens (including phenoxy) is 1. The molecular formula is C15H26O2. The van der Waals surface area contributed by atoms with Crippen LogP contribution in [0.4, 0.5) is 0 Å². The molecule has 98 valence electrons. The van der Waals surface area contributed by atoms with Crippen LogP contribution in [-0.2, 0) is 4.74 Å². The summed E-state index contributed by atoms with van der Waals surface area (Å²) in [5.41, 5.74) is 0.753. The van der Waals surface area contributed by atoms with Crippen LogP contribution >= 0.6 is 0 Å². The first kappa shape index (κ1) is 13.1. The van der Waals surface area contributed by atoms with Crippen LogP contribution in [0.1, 0.15) is 59.8 Å². The summed E-state index contributed by atoms with van der Waals surface area (Å²) in [6.07, 6.45) is 7.74. The minimum absolute atomic E-state index is 0.00879. The molecule has 0 amide bonds. The Morgan fingerprint density at radius 1 is 1.41 bits per heavy atom. The van der Waals surface area contributed by atoms with Crippen molar-refractivity contribution < 1.29 is 9.84 Å². The lowest BCUT2D eigenvalue weighted by Gasteiger charge is -2.50. The first-order valence-electron chi connectivity index (χ1n) is 6.89. The molecule has 1 aliphatic carbocycles. The molecule has 1 fully saturated rings. The molecule has 1 spiro atoms. The maximum atomic E-state index is 10.2. The number of hydrogen-bond donors (Lipinski definition) is 1. The van der Waals surface area contributed by atoms with Gasteiger partial charge in [0.2, 0.25) is 0 Å². The Labute approximate surface area is 105 Å². The molecule has 2 nitrogen and oxygen atoms in total. The van der Waals surface area contributed by atoms with Gasteiger partial charge in [-0.3, -0.25) is 0 Å². The van der Waals surface area contributed by atoms with E-state index in [1.54, 1.807) is 0 Å². The Morgan fingerprint density at radius 3 is 2.65 bits per heavy atom. The third-order valence-corrected chi connectivity index (χ3v) is 4.66. The lowest BCUT2D eigenvalue weighted by atomic mass is 9.72. The van der Waals surface area contributed by atoms with E-state index in [9.17, 15) is 5.11 Å². The summed E-state index contributed by atoms with van der Waals surface area (Å²) in [5.74, 6) is 0.602. The second kappa shape index (κ2) is 4.40. The van der Waals surface area contributed by atoms with Gasteiger partial charge in [-0.25, -0.2) is 0 Å². The molecule has 1 N–H and O–H groups in total. The maximum Gasteiger partial charge on any atom is 0.0864 e. The first-order chi connectivity index (χ1) is 7.83. The summed E-state index contributed by atoms with van der Waals surface area (Å²) >= 11 is 0. The number of allylic oxidation sites excluding steroid dienone is 1. The summed E-state index contributed by atoms with van der Waals surface area (Å²) in [4.78, 5) is 0. The molecule has 2 heteroatoms. The highest BCUT2D eigenvalue weighted by atomic mass is 16.5. The molecule has 17 heavy (non-hydrogen) atoms. The Bertz CT molecular complexity index is 313. The largest absolute Gasteiger partial charge is 0.388 e. The lowest BCUT2D eigenvalue weighted by Crippen LogP contribution is -2.53. The number of rotatable bonds is 1. The average Bonchev–Trinajstić information content (AvgIpc) is 2.25. The molecule has 1 aliphatic heterocycles. The Balaban J connectivity index is 2.15. The first-order valence-corrected chi connectivity index (χ1v) is 6.89. The van der Waals surface area contributed by atoms with Crippen molar-refractivity contribution in [3.63, 3.8) is 0 Å². The van der Waals surface area contributed by atoms with Crippen LogP contribution in [0.15, 0.2) is 11.6 Å². The second-order valence-electron chi connectivity index (χ2n) is 6.56. The van der Waals surface area contributed by atoms with E-state index < -0.39 is 5.60 Å². The fourth-order valence-corrected chi connectivity index (χ4v) is 3.13. The van der Waals surface area contributed by atoms with E-state index in [0.717, 1.165) is 25.7 Å². The van der Waals surface area contributed by atoms with Crippen molar-refractivity contribution in [1.82, 2.24) is 0 Å². The Hall–Kier alpha value is -0.340. The smallest absolute Gasteiger partial charge is 0.0864 e. The van der Waals surface area contributed by atoms with Crippen LogP contribution in [0.25, 0.3) is 0 Å². The van der Waals surface area contributed by atoms with Gasteiger partial charge in [0.15, 0.2) is 0 Å². The topological polar surface area (TPSA) is 29.5 Å². The van der Waals surface area contributed by atoms with Crippen LogP contribution in [0.3, 0.4) is 0 Å². The molecule has 0 unspecified atom stereocenters. The van der Waals surface area contributed by atoms with Crippen molar-refractivity contribution in [3.8, 4) is 0 Å². The summed E-state index contributed by atoms with van der Waals surface area (Å²) < 4.78 is 6.35. The summed E-state index contributed by atoms with van der Waals surface area (Å²) in [6, 6.07) is 0. The van der Waals surface area contributed by atoms with Crippen LogP contribution in [0.2, 0.25) is 0 Å². The quantitative estimate of drug-likeness (QED) is 0.709. The van der Waals surface area contributed by atoms with E-state index in [4.69, 9.17) is 4.74 Å². The van der Waals surface area contributed by atoms with E-state index >= 15 is 0 Å². The van der Waals surface area contributed by atoms with Gasteiger partial charge < -0.3 is 9.84 Å². The number of aliphatic hydroxyl groups is 1. The fraction of sp³-hybridized carbons (Fsp3) is 0.867. The van der Waals surface area contributed by atoms with Gasteiger partial charge in [-0.2, -0.15) is 0 Å². The van der Waals surface area contributed by atoms with Crippen LogP contribution in [-0.4, -0.2) is 22.4 Å². The standard InChI is InChI=1S/C15H26O2/c1-11-7-9-15(10-8-11)12(2)5-6-13(17-15)14(3,4)16/h7,12-13,16H,5-6,8-10H2,1-4H3/t12-,13-,15-/m1/s1. The van der Waals surface area contributed by atoms with Gasteiger partial charge in [0.1, 0.15) is 0 Å².